The maximum Gasteiger partial charge on any atom is 0.119 e. The predicted molar refractivity (Wildman–Crippen MR) is 95.9 cm³/mol. The molecule has 0 aliphatic carbocycles. The van der Waals surface area contributed by atoms with Crippen molar-refractivity contribution in [2.45, 2.75) is 12.8 Å². The third-order valence-electron chi connectivity index (χ3n) is 3.10. The fraction of sp³-hybridized carbons (Fsp3) is 0.263. The summed E-state index contributed by atoms with van der Waals surface area (Å²) in [5, 5.41) is 0.871. The zero-order valence-electron chi connectivity index (χ0n) is 12.6. The van der Waals surface area contributed by atoms with Gasteiger partial charge in [0.15, 0.2) is 0 Å². The van der Waals surface area contributed by atoms with Crippen LogP contribution < -0.4 is 9.47 Å². The SMILES string of the molecule is BrCC=Cc1ccc(OCCCCOc2ccccc2)cc1. The van der Waals surface area contributed by atoms with E-state index in [1.165, 1.54) is 5.56 Å². The maximum absolute atomic E-state index is 5.73. The summed E-state index contributed by atoms with van der Waals surface area (Å²) in [6.07, 6.45) is 6.13. The van der Waals surface area contributed by atoms with Crippen LogP contribution in [0.2, 0.25) is 0 Å². The number of unbranched alkanes of at least 4 members (excludes halogenated alkanes) is 1. The second-order valence-electron chi connectivity index (χ2n) is 4.84. The van der Waals surface area contributed by atoms with Gasteiger partial charge in [-0.1, -0.05) is 58.4 Å². The van der Waals surface area contributed by atoms with Gasteiger partial charge >= 0.3 is 0 Å². The van der Waals surface area contributed by atoms with E-state index < -0.39 is 0 Å². The Balaban J connectivity index is 1.59. The number of para-hydroxylation sites is 1. The summed E-state index contributed by atoms with van der Waals surface area (Å²) in [6.45, 7) is 1.44. The standard InChI is InChI=1S/C19H21BrO2/c20-14-6-7-17-10-12-19(13-11-17)22-16-5-4-15-21-18-8-2-1-3-9-18/h1-3,6-13H,4-5,14-16H2. The van der Waals surface area contributed by atoms with Crippen LogP contribution in [0.5, 0.6) is 11.5 Å². The van der Waals surface area contributed by atoms with Crippen LogP contribution in [0.4, 0.5) is 0 Å². The van der Waals surface area contributed by atoms with Gasteiger partial charge < -0.3 is 9.47 Å². The molecule has 22 heavy (non-hydrogen) atoms. The first-order chi connectivity index (χ1) is 10.9. The van der Waals surface area contributed by atoms with Gasteiger partial charge in [0.1, 0.15) is 11.5 Å². The van der Waals surface area contributed by atoms with Crippen LogP contribution in [0.3, 0.4) is 0 Å². The van der Waals surface area contributed by atoms with Crippen molar-refractivity contribution in [3.05, 3.63) is 66.2 Å². The van der Waals surface area contributed by atoms with E-state index in [1.807, 2.05) is 42.5 Å². The monoisotopic (exact) mass is 360 g/mol. The first-order valence-corrected chi connectivity index (χ1v) is 8.64. The zero-order chi connectivity index (χ0) is 15.5. The van der Waals surface area contributed by atoms with Crippen LogP contribution in [0, 0.1) is 0 Å². The highest BCUT2D eigenvalue weighted by Crippen LogP contribution is 2.14. The number of benzene rings is 2. The Morgan fingerprint density at radius 3 is 1.95 bits per heavy atom. The average molecular weight is 361 g/mol. The molecule has 2 aromatic carbocycles. The lowest BCUT2D eigenvalue weighted by atomic mass is 10.2. The van der Waals surface area contributed by atoms with Crippen LogP contribution in [-0.2, 0) is 0 Å². The van der Waals surface area contributed by atoms with Gasteiger partial charge in [-0.2, -0.15) is 0 Å². The lowest BCUT2D eigenvalue weighted by Crippen LogP contribution is -2.02. The second kappa shape index (κ2) is 10.1. The molecule has 0 aliphatic rings. The van der Waals surface area contributed by atoms with Crippen molar-refractivity contribution in [2.75, 3.05) is 18.5 Å². The minimum atomic E-state index is 0.717. The molecule has 3 heteroatoms. The molecule has 116 valence electrons. The molecule has 0 unspecified atom stereocenters. The molecule has 0 radical (unpaired) electrons. The van der Waals surface area contributed by atoms with E-state index in [0.717, 1.165) is 36.3 Å². The largest absolute Gasteiger partial charge is 0.494 e. The first kappa shape index (κ1) is 16.6. The van der Waals surface area contributed by atoms with E-state index in [1.54, 1.807) is 0 Å². The molecule has 0 heterocycles. The van der Waals surface area contributed by atoms with Crippen molar-refractivity contribution < 1.29 is 9.47 Å². The summed E-state index contributed by atoms with van der Waals surface area (Å²) in [6, 6.07) is 18.0. The number of hydrogen-bond donors (Lipinski definition) is 0. The van der Waals surface area contributed by atoms with E-state index in [4.69, 9.17) is 9.47 Å². The van der Waals surface area contributed by atoms with Gasteiger partial charge in [0.05, 0.1) is 13.2 Å². The van der Waals surface area contributed by atoms with Gasteiger partial charge in [-0.25, -0.2) is 0 Å². The van der Waals surface area contributed by atoms with Crippen LogP contribution in [0.1, 0.15) is 18.4 Å². The number of allylic oxidation sites excluding steroid dienone is 1. The topological polar surface area (TPSA) is 18.5 Å². The van der Waals surface area contributed by atoms with Gasteiger partial charge in [0, 0.05) is 5.33 Å². The molecule has 2 aromatic rings. The number of halogens is 1. The van der Waals surface area contributed by atoms with E-state index >= 15 is 0 Å². The Hall–Kier alpha value is -1.74. The van der Waals surface area contributed by atoms with Gasteiger partial charge in [-0.05, 0) is 42.7 Å². The molecule has 0 spiro atoms. The third-order valence-corrected chi connectivity index (χ3v) is 3.47. The quantitative estimate of drug-likeness (QED) is 0.444. The van der Waals surface area contributed by atoms with Gasteiger partial charge in [-0.3, -0.25) is 0 Å². The van der Waals surface area contributed by atoms with Crippen molar-refractivity contribution in [3.8, 4) is 11.5 Å². The van der Waals surface area contributed by atoms with E-state index in [9.17, 15) is 0 Å². The molecule has 0 N–H and O–H groups in total. The number of hydrogen-bond acceptors (Lipinski definition) is 2. The summed E-state index contributed by atoms with van der Waals surface area (Å²) in [7, 11) is 0. The summed E-state index contributed by atoms with van der Waals surface area (Å²) < 4.78 is 11.4. The highest BCUT2D eigenvalue weighted by molar-refractivity contribution is 9.09. The molecule has 2 nitrogen and oxygen atoms in total. The molecule has 0 amide bonds. The smallest absolute Gasteiger partial charge is 0.119 e. The number of ether oxygens (including phenoxy) is 2. The second-order valence-corrected chi connectivity index (χ2v) is 5.49. The zero-order valence-corrected chi connectivity index (χ0v) is 14.2. The van der Waals surface area contributed by atoms with Crippen LogP contribution in [0.25, 0.3) is 6.08 Å². The van der Waals surface area contributed by atoms with E-state index in [0.29, 0.717) is 6.61 Å². The van der Waals surface area contributed by atoms with Gasteiger partial charge in [0.2, 0.25) is 0 Å². The Morgan fingerprint density at radius 1 is 0.773 bits per heavy atom. The fourth-order valence-electron chi connectivity index (χ4n) is 1.96. The molecule has 0 saturated carbocycles. The predicted octanol–water partition coefficient (Wildman–Crippen LogP) is 5.33. The molecule has 2 rings (SSSR count). The lowest BCUT2D eigenvalue weighted by molar-refractivity contribution is 0.266. The van der Waals surface area contributed by atoms with Crippen molar-refractivity contribution in [3.63, 3.8) is 0 Å². The Bertz CT molecular complexity index is 549. The van der Waals surface area contributed by atoms with Crippen molar-refractivity contribution in [2.24, 2.45) is 0 Å². The van der Waals surface area contributed by atoms with Crippen molar-refractivity contribution >= 4 is 22.0 Å². The molecule has 0 aromatic heterocycles. The molecule has 0 bridgehead atoms. The summed E-state index contributed by atoms with van der Waals surface area (Å²) in [5.41, 5.74) is 1.18. The first-order valence-electron chi connectivity index (χ1n) is 7.52. The molecule has 0 atom stereocenters. The van der Waals surface area contributed by atoms with Crippen LogP contribution >= 0.6 is 15.9 Å². The molecular weight excluding hydrogens is 340 g/mol. The minimum Gasteiger partial charge on any atom is -0.494 e. The Kier molecular flexibility index (Phi) is 7.61. The normalized spacial score (nSPS) is 10.8. The molecule has 0 fully saturated rings. The Morgan fingerprint density at radius 2 is 1.36 bits per heavy atom. The highest BCUT2D eigenvalue weighted by atomic mass is 79.9. The van der Waals surface area contributed by atoms with Crippen molar-refractivity contribution in [1.29, 1.82) is 0 Å². The fourth-order valence-corrected chi connectivity index (χ4v) is 2.14. The summed E-state index contributed by atoms with van der Waals surface area (Å²) in [5.74, 6) is 1.84. The summed E-state index contributed by atoms with van der Waals surface area (Å²) >= 11 is 3.37. The van der Waals surface area contributed by atoms with Crippen molar-refractivity contribution in [1.82, 2.24) is 0 Å². The number of alkyl halides is 1. The molecule has 0 aliphatic heterocycles. The van der Waals surface area contributed by atoms with Crippen LogP contribution in [0.15, 0.2) is 60.7 Å². The molecular formula is C19H21BrO2. The van der Waals surface area contributed by atoms with E-state index in [-0.39, 0.29) is 0 Å². The lowest BCUT2D eigenvalue weighted by Gasteiger charge is -2.08. The minimum absolute atomic E-state index is 0.717. The molecule has 0 saturated heterocycles. The maximum atomic E-state index is 5.73. The Labute approximate surface area is 140 Å². The third kappa shape index (κ3) is 6.35. The van der Waals surface area contributed by atoms with Gasteiger partial charge in [-0.15, -0.1) is 0 Å². The number of rotatable bonds is 9. The van der Waals surface area contributed by atoms with Gasteiger partial charge in [0.25, 0.3) is 0 Å². The average Bonchev–Trinajstić information content (AvgIpc) is 2.58. The highest BCUT2D eigenvalue weighted by Gasteiger charge is 1.95. The van der Waals surface area contributed by atoms with Crippen LogP contribution in [-0.4, -0.2) is 18.5 Å². The summed E-state index contributed by atoms with van der Waals surface area (Å²) in [4.78, 5) is 0. The van der Waals surface area contributed by atoms with E-state index in [2.05, 4.69) is 40.2 Å².